The maximum Gasteiger partial charge on any atom is 0.573 e. The Morgan fingerprint density at radius 2 is 1.89 bits per heavy atom. The molecule has 0 fully saturated rings. The number of anilines is 1. The lowest BCUT2D eigenvalue weighted by molar-refractivity contribution is -0.274. The van der Waals surface area contributed by atoms with E-state index in [0.29, 0.717) is 0 Å². The van der Waals surface area contributed by atoms with Gasteiger partial charge in [-0.2, -0.15) is 0 Å². The number of halogens is 3. The van der Waals surface area contributed by atoms with E-state index in [1.807, 2.05) is 0 Å². The molecule has 1 amide bonds. The Morgan fingerprint density at radius 3 is 2.44 bits per heavy atom. The van der Waals surface area contributed by atoms with Gasteiger partial charge in [-0.15, -0.1) is 13.2 Å². The number of hydrogen-bond donors (Lipinski definition) is 1. The molecule has 0 saturated carbocycles. The van der Waals surface area contributed by atoms with Crippen LogP contribution in [0.2, 0.25) is 0 Å². The van der Waals surface area contributed by atoms with Crippen molar-refractivity contribution in [3.63, 3.8) is 0 Å². The molecule has 1 aromatic rings. The van der Waals surface area contributed by atoms with E-state index in [4.69, 9.17) is 0 Å². The number of carbonyl (C=O) groups excluding carboxylic acids is 1. The first-order valence-corrected chi connectivity index (χ1v) is 5.08. The molecule has 0 radical (unpaired) electrons. The predicted octanol–water partition coefficient (Wildman–Crippen LogP) is 3.49. The van der Waals surface area contributed by atoms with Crippen LogP contribution in [-0.4, -0.2) is 12.3 Å². The zero-order chi connectivity index (χ0) is 13.8. The van der Waals surface area contributed by atoms with E-state index in [2.05, 4.69) is 10.1 Å². The summed E-state index contributed by atoms with van der Waals surface area (Å²) in [7, 11) is 0. The second-order valence-electron chi connectivity index (χ2n) is 3.75. The SMILES string of the molecule is CC(C)=CC(=O)Nc1ccccc1OC(F)(F)F. The third-order valence-corrected chi connectivity index (χ3v) is 1.79. The Hall–Kier alpha value is -1.98. The summed E-state index contributed by atoms with van der Waals surface area (Å²) < 4.78 is 40.2. The lowest BCUT2D eigenvalue weighted by atomic mass is 10.2. The van der Waals surface area contributed by atoms with Crippen molar-refractivity contribution in [2.45, 2.75) is 20.2 Å². The van der Waals surface area contributed by atoms with Crippen molar-refractivity contribution in [2.24, 2.45) is 0 Å². The first kappa shape index (κ1) is 14.1. The van der Waals surface area contributed by atoms with Gasteiger partial charge >= 0.3 is 6.36 Å². The molecule has 1 rings (SSSR count). The molecule has 1 aromatic carbocycles. The number of benzene rings is 1. The van der Waals surface area contributed by atoms with Gasteiger partial charge in [0.25, 0.3) is 0 Å². The van der Waals surface area contributed by atoms with Crippen LogP contribution < -0.4 is 10.1 Å². The molecular weight excluding hydrogens is 247 g/mol. The highest BCUT2D eigenvalue weighted by Gasteiger charge is 2.32. The summed E-state index contributed by atoms with van der Waals surface area (Å²) in [5, 5.41) is 2.32. The summed E-state index contributed by atoms with van der Waals surface area (Å²) >= 11 is 0. The molecule has 0 unspecified atom stereocenters. The van der Waals surface area contributed by atoms with Gasteiger partial charge in [-0.05, 0) is 26.0 Å². The maximum absolute atomic E-state index is 12.1. The first-order valence-electron chi connectivity index (χ1n) is 5.08. The zero-order valence-electron chi connectivity index (χ0n) is 9.84. The summed E-state index contributed by atoms with van der Waals surface area (Å²) in [5.74, 6) is -0.950. The highest BCUT2D eigenvalue weighted by atomic mass is 19.4. The fraction of sp³-hybridized carbons (Fsp3) is 0.250. The summed E-state index contributed by atoms with van der Waals surface area (Å²) in [4.78, 5) is 11.4. The molecule has 18 heavy (non-hydrogen) atoms. The van der Waals surface area contributed by atoms with E-state index < -0.39 is 18.0 Å². The number of alkyl halides is 3. The topological polar surface area (TPSA) is 38.3 Å². The fourth-order valence-corrected chi connectivity index (χ4v) is 1.21. The molecule has 0 atom stereocenters. The number of nitrogens with one attached hydrogen (secondary N) is 1. The molecule has 0 heterocycles. The molecule has 0 spiro atoms. The van der Waals surface area contributed by atoms with Crippen molar-refractivity contribution < 1.29 is 22.7 Å². The molecule has 6 heteroatoms. The van der Waals surface area contributed by atoms with Gasteiger partial charge in [0.2, 0.25) is 5.91 Å². The van der Waals surface area contributed by atoms with Gasteiger partial charge in [-0.3, -0.25) is 4.79 Å². The lowest BCUT2D eigenvalue weighted by Gasteiger charge is -2.13. The van der Waals surface area contributed by atoms with Gasteiger partial charge in [0.15, 0.2) is 5.75 Å². The summed E-state index contributed by atoms with van der Waals surface area (Å²) in [6, 6.07) is 5.35. The van der Waals surface area contributed by atoms with E-state index >= 15 is 0 Å². The highest BCUT2D eigenvalue weighted by molar-refractivity contribution is 6.00. The zero-order valence-corrected chi connectivity index (χ0v) is 9.84. The van der Waals surface area contributed by atoms with Gasteiger partial charge in [0.05, 0.1) is 5.69 Å². The van der Waals surface area contributed by atoms with Gasteiger partial charge in [-0.1, -0.05) is 17.7 Å². The third kappa shape index (κ3) is 4.90. The summed E-state index contributed by atoms with van der Waals surface area (Å²) in [5.41, 5.74) is 0.707. The Bertz CT molecular complexity index is 463. The highest BCUT2D eigenvalue weighted by Crippen LogP contribution is 2.29. The number of ether oxygens (including phenoxy) is 1. The van der Waals surface area contributed by atoms with E-state index in [0.717, 1.165) is 11.6 Å². The van der Waals surface area contributed by atoms with Crippen LogP contribution in [0.4, 0.5) is 18.9 Å². The quantitative estimate of drug-likeness (QED) is 0.844. The van der Waals surface area contributed by atoms with E-state index in [1.54, 1.807) is 13.8 Å². The van der Waals surface area contributed by atoms with E-state index in [1.165, 1.54) is 24.3 Å². The van der Waals surface area contributed by atoms with Gasteiger partial charge < -0.3 is 10.1 Å². The predicted molar refractivity (Wildman–Crippen MR) is 61.2 cm³/mol. The van der Waals surface area contributed by atoms with Gasteiger partial charge in [-0.25, -0.2) is 0 Å². The van der Waals surface area contributed by atoms with Gasteiger partial charge in [0.1, 0.15) is 0 Å². The molecule has 1 N–H and O–H groups in total. The number of carbonyl (C=O) groups is 1. The van der Waals surface area contributed by atoms with Crippen molar-refractivity contribution in [1.82, 2.24) is 0 Å². The van der Waals surface area contributed by atoms with Crippen LogP contribution in [0.25, 0.3) is 0 Å². The minimum atomic E-state index is -4.79. The second kappa shape index (κ2) is 5.57. The standard InChI is InChI=1S/C12H12F3NO2/c1-8(2)7-11(17)16-9-5-3-4-6-10(9)18-12(13,14)15/h3-7H,1-2H3,(H,16,17). The normalized spacial score (nSPS) is 10.7. The van der Waals surface area contributed by atoms with Crippen molar-refractivity contribution in [2.75, 3.05) is 5.32 Å². The third-order valence-electron chi connectivity index (χ3n) is 1.79. The van der Waals surface area contributed by atoms with Crippen LogP contribution in [0.5, 0.6) is 5.75 Å². The van der Waals surface area contributed by atoms with E-state index in [9.17, 15) is 18.0 Å². The first-order chi connectivity index (χ1) is 8.28. The largest absolute Gasteiger partial charge is 0.573 e. The molecular formula is C12H12F3NO2. The number of amides is 1. The Labute approximate surface area is 102 Å². The van der Waals surface area contributed by atoms with Crippen LogP contribution in [0.3, 0.4) is 0 Å². The number of rotatable bonds is 3. The number of allylic oxidation sites excluding steroid dienone is 1. The Morgan fingerprint density at radius 1 is 1.28 bits per heavy atom. The van der Waals surface area contributed by atoms with Crippen LogP contribution in [0, 0.1) is 0 Å². The minimum absolute atomic E-state index is 0.0303. The van der Waals surface area contributed by atoms with Crippen molar-refractivity contribution in [3.8, 4) is 5.75 Å². The van der Waals surface area contributed by atoms with Crippen molar-refractivity contribution >= 4 is 11.6 Å². The van der Waals surface area contributed by atoms with Crippen LogP contribution in [0.15, 0.2) is 35.9 Å². The fourth-order valence-electron chi connectivity index (χ4n) is 1.21. The maximum atomic E-state index is 12.1. The van der Waals surface area contributed by atoms with Crippen molar-refractivity contribution in [1.29, 1.82) is 0 Å². The molecule has 0 aliphatic heterocycles. The van der Waals surface area contributed by atoms with Crippen LogP contribution in [0.1, 0.15) is 13.8 Å². The average Bonchev–Trinajstić information content (AvgIpc) is 2.17. The molecule has 0 aliphatic carbocycles. The van der Waals surface area contributed by atoms with Crippen molar-refractivity contribution in [3.05, 3.63) is 35.9 Å². The van der Waals surface area contributed by atoms with Crippen LogP contribution in [-0.2, 0) is 4.79 Å². The summed E-state index contributed by atoms with van der Waals surface area (Å²) in [6.45, 7) is 3.41. The average molecular weight is 259 g/mol. The van der Waals surface area contributed by atoms with E-state index in [-0.39, 0.29) is 5.69 Å². The number of para-hydroxylation sites is 2. The monoisotopic (exact) mass is 259 g/mol. The van der Waals surface area contributed by atoms with Gasteiger partial charge in [0, 0.05) is 6.08 Å². The molecule has 0 aliphatic rings. The Kier molecular flexibility index (Phi) is 4.36. The molecule has 0 saturated heterocycles. The second-order valence-corrected chi connectivity index (χ2v) is 3.75. The molecule has 3 nitrogen and oxygen atoms in total. The molecule has 0 bridgehead atoms. The lowest BCUT2D eigenvalue weighted by Crippen LogP contribution is -2.19. The molecule has 0 aromatic heterocycles. The molecule has 98 valence electrons. The summed E-state index contributed by atoms with van der Waals surface area (Å²) in [6.07, 6.45) is -3.51. The minimum Gasteiger partial charge on any atom is -0.404 e. The smallest absolute Gasteiger partial charge is 0.404 e. The Balaban J connectivity index is 2.89. The van der Waals surface area contributed by atoms with Crippen LogP contribution >= 0.6 is 0 Å². The number of hydrogen-bond acceptors (Lipinski definition) is 2.